The predicted octanol–water partition coefficient (Wildman–Crippen LogP) is 2.30. The Morgan fingerprint density at radius 1 is 1.06 bits per heavy atom. The third-order valence-corrected chi connectivity index (χ3v) is 6.66. The number of benzene rings is 1. The van der Waals surface area contributed by atoms with Crippen LogP contribution in [0.15, 0.2) is 89.7 Å². The molecule has 7 heteroatoms. The number of aryl methyl sites for hydroxylation is 1. The zero-order valence-corrected chi connectivity index (χ0v) is 19.3. The molecule has 4 aliphatic heterocycles. The van der Waals surface area contributed by atoms with Crippen molar-refractivity contribution in [3.05, 3.63) is 95.3 Å². The SMILES string of the molecule is O=C(CNC(=O)C1=CC2=CNC3=CC=CC(=C1)N23)NC1CCN(CCCc2ccccc2)CC1. The average molecular weight is 458 g/mol. The molecule has 1 fully saturated rings. The third-order valence-electron chi connectivity index (χ3n) is 6.66. The maximum Gasteiger partial charge on any atom is 0.251 e. The molecule has 0 bridgehead atoms. The molecule has 5 rings (SSSR count). The van der Waals surface area contributed by atoms with Crippen LogP contribution in [0.2, 0.25) is 0 Å². The summed E-state index contributed by atoms with van der Waals surface area (Å²) in [6.07, 6.45) is 15.6. The standard InChI is InChI=1S/C27H31N5O2/c33-26(30-22-11-14-31(15-12-22)13-5-8-20-6-2-1-3-7-20)19-29-27(34)21-16-23-9-4-10-25-28-18-24(17-21)32(23)25/h1-4,6-7,9-10,16-18,22,28H,5,8,11-15,19H2,(H,29,34)(H,30,33). The molecule has 4 heterocycles. The molecular weight excluding hydrogens is 426 g/mol. The monoisotopic (exact) mass is 457 g/mol. The first-order valence-corrected chi connectivity index (χ1v) is 12.1. The van der Waals surface area contributed by atoms with E-state index in [0.717, 1.165) is 62.5 Å². The highest BCUT2D eigenvalue weighted by Gasteiger charge is 2.28. The Morgan fingerprint density at radius 2 is 1.88 bits per heavy atom. The number of likely N-dealkylation sites (tertiary alicyclic amines) is 1. The number of hydrogen-bond acceptors (Lipinski definition) is 5. The quantitative estimate of drug-likeness (QED) is 0.559. The minimum absolute atomic E-state index is 0.0152. The fourth-order valence-electron chi connectivity index (χ4n) is 4.84. The minimum Gasteiger partial charge on any atom is -0.352 e. The summed E-state index contributed by atoms with van der Waals surface area (Å²) in [5, 5.41) is 9.05. The third kappa shape index (κ3) is 5.15. The summed E-state index contributed by atoms with van der Waals surface area (Å²) >= 11 is 0. The van der Waals surface area contributed by atoms with Gasteiger partial charge in [-0.2, -0.15) is 0 Å². The normalized spacial score (nSPS) is 19.4. The molecule has 1 aromatic carbocycles. The minimum atomic E-state index is -0.243. The lowest BCUT2D eigenvalue weighted by molar-refractivity contribution is -0.124. The highest BCUT2D eigenvalue weighted by Crippen LogP contribution is 2.32. The lowest BCUT2D eigenvalue weighted by Crippen LogP contribution is -2.47. The van der Waals surface area contributed by atoms with Gasteiger partial charge in [0.25, 0.3) is 5.91 Å². The number of piperidine rings is 1. The van der Waals surface area contributed by atoms with E-state index in [1.54, 1.807) is 0 Å². The smallest absolute Gasteiger partial charge is 0.251 e. The van der Waals surface area contributed by atoms with Gasteiger partial charge in [0.1, 0.15) is 5.82 Å². The molecule has 0 atom stereocenters. The van der Waals surface area contributed by atoms with E-state index in [-0.39, 0.29) is 24.4 Å². The van der Waals surface area contributed by atoms with E-state index in [1.165, 1.54) is 5.56 Å². The first kappa shape index (κ1) is 22.2. The van der Waals surface area contributed by atoms with Crippen LogP contribution in [0.1, 0.15) is 24.8 Å². The number of allylic oxidation sites excluding steroid dienone is 4. The van der Waals surface area contributed by atoms with E-state index < -0.39 is 0 Å². The number of nitrogens with zero attached hydrogens (tertiary/aromatic N) is 2. The van der Waals surface area contributed by atoms with E-state index in [4.69, 9.17) is 0 Å². The van der Waals surface area contributed by atoms with Gasteiger partial charge in [0, 0.05) is 36.6 Å². The molecule has 3 N–H and O–H groups in total. The summed E-state index contributed by atoms with van der Waals surface area (Å²) in [6, 6.07) is 10.8. The largest absolute Gasteiger partial charge is 0.352 e. The lowest BCUT2D eigenvalue weighted by atomic mass is 10.0. The van der Waals surface area contributed by atoms with Crippen molar-refractivity contribution >= 4 is 11.8 Å². The van der Waals surface area contributed by atoms with Gasteiger partial charge in [-0.15, -0.1) is 0 Å². The van der Waals surface area contributed by atoms with Crippen molar-refractivity contribution in [1.29, 1.82) is 0 Å². The molecule has 176 valence electrons. The van der Waals surface area contributed by atoms with Gasteiger partial charge in [0.15, 0.2) is 0 Å². The number of hydrogen-bond donors (Lipinski definition) is 3. The molecule has 1 saturated heterocycles. The van der Waals surface area contributed by atoms with Crippen molar-refractivity contribution in [2.75, 3.05) is 26.2 Å². The summed E-state index contributed by atoms with van der Waals surface area (Å²) in [7, 11) is 0. The Hall–Kier alpha value is -3.58. The topological polar surface area (TPSA) is 76.7 Å². The summed E-state index contributed by atoms with van der Waals surface area (Å²) in [5.74, 6) is 0.597. The average Bonchev–Trinajstić information content (AvgIpc) is 3.29. The molecule has 1 aromatic rings. The number of nitrogens with one attached hydrogen (secondary N) is 3. The Labute approximate surface area is 200 Å². The predicted molar refractivity (Wildman–Crippen MR) is 132 cm³/mol. The Morgan fingerprint density at radius 3 is 2.71 bits per heavy atom. The lowest BCUT2D eigenvalue weighted by Gasteiger charge is -2.32. The van der Waals surface area contributed by atoms with Crippen molar-refractivity contribution in [2.45, 2.75) is 31.7 Å². The summed E-state index contributed by atoms with van der Waals surface area (Å²) in [5.41, 5.74) is 3.78. The Kier molecular flexibility index (Phi) is 6.62. The van der Waals surface area contributed by atoms with Gasteiger partial charge >= 0.3 is 0 Å². The van der Waals surface area contributed by atoms with Crippen molar-refractivity contribution in [1.82, 2.24) is 25.8 Å². The Bertz CT molecular complexity index is 1090. The van der Waals surface area contributed by atoms with Gasteiger partial charge in [-0.3, -0.25) is 14.5 Å². The van der Waals surface area contributed by atoms with E-state index in [1.807, 2.05) is 36.6 Å². The van der Waals surface area contributed by atoms with Gasteiger partial charge in [-0.05, 0) is 62.1 Å². The van der Waals surface area contributed by atoms with Crippen molar-refractivity contribution in [3.63, 3.8) is 0 Å². The molecule has 0 saturated carbocycles. The Balaban J connectivity index is 1.02. The molecule has 0 unspecified atom stereocenters. The summed E-state index contributed by atoms with van der Waals surface area (Å²) < 4.78 is 0. The maximum absolute atomic E-state index is 12.7. The maximum atomic E-state index is 12.7. The number of carbonyl (C=O) groups is 2. The second-order valence-corrected chi connectivity index (χ2v) is 9.08. The van der Waals surface area contributed by atoms with Crippen LogP contribution in [0, 0.1) is 0 Å². The number of carbonyl (C=O) groups excluding carboxylic acids is 2. The molecule has 4 aliphatic rings. The molecule has 2 amide bonds. The van der Waals surface area contributed by atoms with Crippen molar-refractivity contribution in [2.24, 2.45) is 0 Å². The first-order chi connectivity index (χ1) is 16.7. The molecule has 0 aliphatic carbocycles. The van der Waals surface area contributed by atoms with E-state index >= 15 is 0 Å². The fourth-order valence-corrected chi connectivity index (χ4v) is 4.84. The van der Waals surface area contributed by atoms with E-state index in [2.05, 4.69) is 56.1 Å². The van der Waals surface area contributed by atoms with Gasteiger partial charge < -0.3 is 20.9 Å². The summed E-state index contributed by atoms with van der Waals surface area (Å²) in [4.78, 5) is 29.6. The van der Waals surface area contributed by atoms with Crippen LogP contribution in [-0.2, 0) is 16.0 Å². The van der Waals surface area contributed by atoms with Gasteiger partial charge in [0.2, 0.25) is 5.91 Å². The zero-order chi connectivity index (χ0) is 23.3. The second-order valence-electron chi connectivity index (χ2n) is 9.08. The van der Waals surface area contributed by atoms with Crippen LogP contribution < -0.4 is 16.0 Å². The fraction of sp³-hybridized carbons (Fsp3) is 0.333. The van der Waals surface area contributed by atoms with Crippen LogP contribution in [0.5, 0.6) is 0 Å². The molecule has 0 aromatic heterocycles. The van der Waals surface area contributed by atoms with Crippen LogP contribution in [0.4, 0.5) is 0 Å². The first-order valence-electron chi connectivity index (χ1n) is 12.1. The number of amides is 2. The van der Waals surface area contributed by atoms with Gasteiger partial charge in [-0.25, -0.2) is 0 Å². The zero-order valence-electron chi connectivity index (χ0n) is 19.3. The molecular formula is C27H31N5O2. The van der Waals surface area contributed by atoms with Crippen molar-refractivity contribution < 1.29 is 9.59 Å². The second kappa shape index (κ2) is 10.1. The highest BCUT2D eigenvalue weighted by atomic mass is 16.2. The molecule has 0 spiro atoms. The van der Waals surface area contributed by atoms with E-state index in [9.17, 15) is 9.59 Å². The van der Waals surface area contributed by atoms with Crippen LogP contribution in [0.25, 0.3) is 0 Å². The molecule has 0 radical (unpaired) electrons. The van der Waals surface area contributed by atoms with Gasteiger partial charge in [-0.1, -0.05) is 36.4 Å². The van der Waals surface area contributed by atoms with Crippen molar-refractivity contribution in [3.8, 4) is 0 Å². The van der Waals surface area contributed by atoms with Crippen LogP contribution in [-0.4, -0.2) is 53.8 Å². The van der Waals surface area contributed by atoms with Gasteiger partial charge in [0.05, 0.1) is 12.2 Å². The van der Waals surface area contributed by atoms with Crippen LogP contribution in [0.3, 0.4) is 0 Å². The summed E-state index contributed by atoms with van der Waals surface area (Å²) in [6.45, 7) is 3.07. The number of rotatable bonds is 8. The highest BCUT2D eigenvalue weighted by molar-refractivity contribution is 5.99. The molecule has 34 heavy (non-hydrogen) atoms. The van der Waals surface area contributed by atoms with Crippen LogP contribution >= 0.6 is 0 Å². The molecule has 7 nitrogen and oxygen atoms in total. The van der Waals surface area contributed by atoms with E-state index in [0.29, 0.717) is 5.57 Å².